The van der Waals surface area contributed by atoms with Gasteiger partial charge >= 0.3 is 0 Å². The minimum absolute atomic E-state index is 0.00665. The number of nitrogens with zero attached hydrogens (tertiary/aromatic N) is 2. The van der Waals surface area contributed by atoms with Gasteiger partial charge in [-0.05, 0) is 48.3 Å². The summed E-state index contributed by atoms with van der Waals surface area (Å²) in [6.45, 7) is 6.12. The van der Waals surface area contributed by atoms with Crippen LogP contribution in [0.15, 0.2) is 54.3 Å². The molecule has 1 aliphatic rings. The highest BCUT2D eigenvalue weighted by atomic mass is 32.1. The molecule has 0 saturated heterocycles. The molecule has 6 heteroatoms. The van der Waals surface area contributed by atoms with Crippen molar-refractivity contribution in [3.63, 3.8) is 0 Å². The van der Waals surface area contributed by atoms with Crippen molar-refractivity contribution in [2.24, 2.45) is 5.92 Å². The van der Waals surface area contributed by atoms with E-state index in [-0.39, 0.29) is 23.7 Å². The predicted molar refractivity (Wildman–Crippen MR) is 115 cm³/mol. The van der Waals surface area contributed by atoms with Crippen LogP contribution in [0, 0.1) is 12.8 Å². The fraction of sp³-hybridized carbons (Fsp3) is 0.304. The van der Waals surface area contributed by atoms with Crippen LogP contribution in [-0.2, 0) is 0 Å². The number of ketones is 1. The Balaban J connectivity index is 1.54. The second kappa shape index (κ2) is 8.43. The Hall–Kier alpha value is -2.57. The maximum Gasteiger partial charge on any atom is 0.208 e. The van der Waals surface area contributed by atoms with Crippen LogP contribution in [0.4, 0.5) is 5.82 Å². The largest absolute Gasteiger partial charge is 0.393 e. The van der Waals surface area contributed by atoms with Crippen LogP contribution in [-0.4, -0.2) is 33.0 Å². The van der Waals surface area contributed by atoms with E-state index in [2.05, 4.69) is 41.3 Å². The van der Waals surface area contributed by atoms with Gasteiger partial charge < -0.3 is 10.4 Å². The van der Waals surface area contributed by atoms with E-state index in [1.54, 1.807) is 6.20 Å². The van der Waals surface area contributed by atoms with Crippen LogP contribution in [0.1, 0.15) is 52.0 Å². The van der Waals surface area contributed by atoms with Crippen LogP contribution in [0.25, 0.3) is 0 Å². The summed E-state index contributed by atoms with van der Waals surface area (Å²) >= 11 is 1.44. The second-order valence-corrected chi connectivity index (χ2v) is 8.54. The molecule has 0 spiro atoms. The second-order valence-electron chi connectivity index (χ2n) is 7.63. The lowest BCUT2D eigenvalue weighted by Gasteiger charge is -2.15. The van der Waals surface area contributed by atoms with Crippen molar-refractivity contribution in [1.29, 1.82) is 0 Å². The molecule has 149 valence electrons. The Labute approximate surface area is 174 Å². The number of hydrogen-bond donors (Lipinski definition) is 2. The van der Waals surface area contributed by atoms with Crippen LogP contribution in [0.3, 0.4) is 0 Å². The van der Waals surface area contributed by atoms with Crippen molar-refractivity contribution >= 4 is 22.9 Å². The zero-order valence-electron chi connectivity index (χ0n) is 16.3. The van der Waals surface area contributed by atoms with E-state index >= 15 is 0 Å². The molecule has 29 heavy (non-hydrogen) atoms. The Morgan fingerprint density at radius 3 is 2.79 bits per heavy atom. The van der Waals surface area contributed by atoms with Gasteiger partial charge in [-0.3, -0.25) is 4.79 Å². The molecule has 4 rings (SSSR count). The molecule has 0 amide bonds. The summed E-state index contributed by atoms with van der Waals surface area (Å²) < 4.78 is 0. The van der Waals surface area contributed by atoms with E-state index in [9.17, 15) is 9.90 Å². The Morgan fingerprint density at radius 1 is 1.28 bits per heavy atom. The summed E-state index contributed by atoms with van der Waals surface area (Å²) in [5, 5.41) is 15.3. The number of carbonyl (C=O) groups is 1. The first-order valence-corrected chi connectivity index (χ1v) is 10.7. The molecule has 1 fully saturated rings. The van der Waals surface area contributed by atoms with Crippen molar-refractivity contribution in [3.05, 3.63) is 82.8 Å². The molecule has 2 N–H and O–H groups in total. The van der Waals surface area contributed by atoms with Crippen molar-refractivity contribution < 1.29 is 9.90 Å². The quantitative estimate of drug-likeness (QED) is 0.597. The van der Waals surface area contributed by atoms with Crippen LogP contribution in [0.5, 0.6) is 0 Å². The van der Waals surface area contributed by atoms with Gasteiger partial charge in [0.15, 0.2) is 0 Å². The monoisotopic (exact) mass is 406 g/mol. The molecule has 1 aliphatic carbocycles. The summed E-state index contributed by atoms with van der Waals surface area (Å²) in [6.07, 6.45) is 3.92. The average Bonchev–Trinajstić information content (AvgIpc) is 3.35. The maximum absolute atomic E-state index is 13.2. The smallest absolute Gasteiger partial charge is 0.208 e. The van der Waals surface area contributed by atoms with Crippen molar-refractivity contribution in [2.75, 3.05) is 5.32 Å². The summed E-state index contributed by atoms with van der Waals surface area (Å²) in [5.41, 5.74) is 2.79. The number of hydrogen-bond acceptors (Lipinski definition) is 6. The first-order valence-electron chi connectivity index (χ1n) is 9.78. The van der Waals surface area contributed by atoms with Gasteiger partial charge in [0.05, 0.1) is 16.5 Å². The Morgan fingerprint density at radius 2 is 2.07 bits per heavy atom. The number of nitrogens with one attached hydrogen (secondary N) is 1. The standard InChI is InChI=1S/C23H24N3O2S/c1-14-8-18(10-20(14)27)26-23-19(11-24-13-25-23)22(28)21-9-17(12-29-21)15(2)16-6-4-3-5-7-16/h3-7,9,11-15,18,20,27H,1,8,10H2,2H3,(H,24,25,26)/t14-,15-,18-,20+/m1/s1. The van der Waals surface area contributed by atoms with Crippen molar-refractivity contribution in [3.8, 4) is 0 Å². The number of aliphatic hydroxyl groups excluding tert-OH is 1. The Kier molecular flexibility index (Phi) is 5.74. The van der Waals surface area contributed by atoms with Gasteiger partial charge in [0.1, 0.15) is 12.1 Å². The van der Waals surface area contributed by atoms with Crippen molar-refractivity contribution in [1.82, 2.24) is 9.97 Å². The topological polar surface area (TPSA) is 75.1 Å². The lowest BCUT2D eigenvalue weighted by molar-refractivity contribution is 0.104. The van der Waals surface area contributed by atoms with E-state index < -0.39 is 6.10 Å². The third-order valence-electron chi connectivity index (χ3n) is 5.60. The molecule has 0 unspecified atom stereocenters. The van der Waals surface area contributed by atoms with Crippen LogP contribution >= 0.6 is 11.3 Å². The van der Waals surface area contributed by atoms with Crippen LogP contribution in [0.2, 0.25) is 0 Å². The molecule has 1 aromatic carbocycles. The van der Waals surface area contributed by atoms with Crippen molar-refractivity contribution in [2.45, 2.75) is 37.8 Å². The van der Waals surface area contributed by atoms with E-state index in [0.29, 0.717) is 22.7 Å². The molecule has 4 atom stereocenters. The SMILES string of the molecule is [CH2][C@@H]1C[C@@H](Nc2ncncc2C(=O)c2cc([C@H](C)c3ccccc3)cs2)C[C@@H]1O. The highest BCUT2D eigenvalue weighted by Gasteiger charge is 2.31. The first kappa shape index (κ1) is 19.7. The zero-order valence-corrected chi connectivity index (χ0v) is 17.1. The molecule has 3 aromatic rings. The number of anilines is 1. The summed E-state index contributed by atoms with van der Waals surface area (Å²) in [5.74, 6) is 0.636. The number of thiophene rings is 1. The first-order chi connectivity index (χ1) is 14.0. The van der Waals surface area contributed by atoms with Crippen LogP contribution < -0.4 is 5.32 Å². The minimum atomic E-state index is -0.423. The van der Waals surface area contributed by atoms with E-state index in [4.69, 9.17) is 0 Å². The average molecular weight is 407 g/mol. The van der Waals surface area contributed by atoms with Gasteiger partial charge in [0, 0.05) is 18.2 Å². The van der Waals surface area contributed by atoms with Gasteiger partial charge in [-0.15, -0.1) is 11.3 Å². The van der Waals surface area contributed by atoms with Gasteiger partial charge in [-0.25, -0.2) is 9.97 Å². The third kappa shape index (κ3) is 4.23. The minimum Gasteiger partial charge on any atom is -0.393 e. The number of carbonyl (C=O) groups excluding carboxylic acids is 1. The predicted octanol–water partition coefficient (Wildman–Crippen LogP) is 4.31. The van der Waals surface area contributed by atoms with E-state index in [1.807, 2.05) is 29.6 Å². The fourth-order valence-electron chi connectivity index (χ4n) is 3.79. The molecule has 2 aromatic heterocycles. The van der Waals surface area contributed by atoms with Gasteiger partial charge in [0.25, 0.3) is 0 Å². The number of aromatic nitrogens is 2. The summed E-state index contributed by atoms with van der Waals surface area (Å²) in [7, 11) is 0. The number of aliphatic hydroxyl groups is 1. The third-order valence-corrected chi connectivity index (χ3v) is 6.55. The molecular weight excluding hydrogens is 382 g/mol. The fourth-order valence-corrected chi connectivity index (χ4v) is 4.75. The summed E-state index contributed by atoms with van der Waals surface area (Å²) in [6, 6.07) is 12.3. The normalized spacial score (nSPS) is 22.4. The molecule has 1 saturated carbocycles. The molecule has 0 bridgehead atoms. The highest BCUT2D eigenvalue weighted by molar-refractivity contribution is 7.12. The highest BCUT2D eigenvalue weighted by Crippen LogP contribution is 2.31. The molecular formula is C23H24N3O2S. The maximum atomic E-state index is 13.2. The molecule has 5 nitrogen and oxygen atoms in total. The molecule has 2 heterocycles. The van der Waals surface area contributed by atoms with Gasteiger partial charge in [-0.2, -0.15) is 0 Å². The lowest BCUT2D eigenvalue weighted by Crippen LogP contribution is -2.20. The Bertz CT molecular complexity index is 979. The van der Waals surface area contributed by atoms with Gasteiger partial charge in [0.2, 0.25) is 5.78 Å². The lowest BCUT2D eigenvalue weighted by atomic mass is 9.95. The zero-order chi connectivity index (χ0) is 20.4. The van der Waals surface area contributed by atoms with E-state index in [1.165, 1.54) is 23.2 Å². The number of rotatable bonds is 6. The van der Waals surface area contributed by atoms with E-state index in [0.717, 1.165) is 12.0 Å². The molecule has 1 radical (unpaired) electrons. The van der Waals surface area contributed by atoms with Gasteiger partial charge in [-0.1, -0.05) is 37.3 Å². The molecule has 0 aliphatic heterocycles. The number of benzene rings is 1. The summed E-state index contributed by atoms with van der Waals surface area (Å²) in [4.78, 5) is 22.2.